The number of carbonyl (C=O) groups is 2. The Hall–Kier alpha value is -2.81. The number of anilines is 1. The van der Waals surface area contributed by atoms with Crippen LogP contribution < -0.4 is 14.8 Å². The molecule has 32 heavy (non-hydrogen) atoms. The van der Waals surface area contributed by atoms with Gasteiger partial charge >= 0.3 is 0 Å². The first-order valence-corrected chi connectivity index (χ1v) is 11.3. The third-order valence-electron chi connectivity index (χ3n) is 4.26. The quantitative estimate of drug-likeness (QED) is 0.299. The van der Waals surface area contributed by atoms with E-state index in [1.54, 1.807) is 54.6 Å². The molecule has 1 fully saturated rings. The van der Waals surface area contributed by atoms with Gasteiger partial charge in [0.1, 0.15) is 4.32 Å². The van der Waals surface area contributed by atoms with E-state index < -0.39 is 0 Å². The Morgan fingerprint density at radius 1 is 1.25 bits per heavy atom. The summed E-state index contributed by atoms with van der Waals surface area (Å²) in [5.41, 5.74) is 1.26. The van der Waals surface area contributed by atoms with Crippen molar-refractivity contribution in [2.24, 2.45) is 0 Å². The fourth-order valence-electron chi connectivity index (χ4n) is 2.83. The van der Waals surface area contributed by atoms with Crippen LogP contribution in [0.4, 0.5) is 5.69 Å². The Morgan fingerprint density at radius 2 is 2.03 bits per heavy atom. The summed E-state index contributed by atoms with van der Waals surface area (Å²) in [5.74, 6) is 0.371. The molecule has 1 aliphatic heterocycles. The molecule has 2 amide bonds. The summed E-state index contributed by atoms with van der Waals surface area (Å²) >= 11 is 12.6. The van der Waals surface area contributed by atoms with Crippen LogP contribution in [0.3, 0.4) is 0 Å². The lowest BCUT2D eigenvalue weighted by molar-refractivity contribution is -0.121. The molecule has 6 nitrogen and oxygen atoms in total. The molecule has 9 heteroatoms. The lowest BCUT2D eigenvalue weighted by Gasteiger charge is -2.13. The van der Waals surface area contributed by atoms with Gasteiger partial charge in [0.05, 0.1) is 22.2 Å². The summed E-state index contributed by atoms with van der Waals surface area (Å²) in [7, 11) is 0. The van der Waals surface area contributed by atoms with Crippen LogP contribution in [0, 0.1) is 0 Å². The van der Waals surface area contributed by atoms with E-state index in [2.05, 4.69) is 11.9 Å². The van der Waals surface area contributed by atoms with Gasteiger partial charge < -0.3 is 14.8 Å². The SMILES string of the molecule is C=CCN1C(=O)/C(=C/c2ccc(OCC(=O)Nc3ccccc3Cl)c(OCC)c2)SC1=S. The molecule has 1 N–H and O–H groups in total. The number of nitrogens with zero attached hydrogens (tertiary/aromatic N) is 1. The van der Waals surface area contributed by atoms with Crippen molar-refractivity contribution < 1.29 is 19.1 Å². The first-order chi connectivity index (χ1) is 15.4. The minimum absolute atomic E-state index is 0.158. The van der Waals surface area contributed by atoms with Crippen molar-refractivity contribution in [2.75, 3.05) is 25.1 Å². The van der Waals surface area contributed by atoms with Crippen molar-refractivity contribution in [1.29, 1.82) is 0 Å². The van der Waals surface area contributed by atoms with Gasteiger partial charge in [-0.3, -0.25) is 14.5 Å². The number of thioether (sulfide) groups is 1. The van der Waals surface area contributed by atoms with E-state index in [0.717, 1.165) is 5.56 Å². The molecule has 0 saturated carbocycles. The zero-order valence-electron chi connectivity index (χ0n) is 17.3. The average molecular weight is 489 g/mol. The van der Waals surface area contributed by atoms with Crippen molar-refractivity contribution in [3.05, 3.63) is 70.6 Å². The lowest BCUT2D eigenvalue weighted by atomic mass is 10.2. The lowest BCUT2D eigenvalue weighted by Crippen LogP contribution is -2.27. The van der Waals surface area contributed by atoms with Gasteiger partial charge in [-0.2, -0.15) is 0 Å². The number of rotatable bonds is 9. The Labute approximate surface area is 201 Å². The number of halogens is 1. The van der Waals surface area contributed by atoms with Crippen molar-refractivity contribution >= 4 is 63.5 Å². The van der Waals surface area contributed by atoms with Crippen molar-refractivity contribution in [3.63, 3.8) is 0 Å². The first-order valence-electron chi connectivity index (χ1n) is 9.73. The molecule has 3 rings (SSSR count). The molecule has 0 aromatic heterocycles. The predicted molar refractivity (Wildman–Crippen MR) is 133 cm³/mol. The molecule has 0 spiro atoms. The van der Waals surface area contributed by atoms with Crippen LogP contribution in [0.1, 0.15) is 12.5 Å². The van der Waals surface area contributed by atoms with Crippen LogP contribution in [0.2, 0.25) is 5.02 Å². The number of amides is 2. The molecule has 2 aromatic rings. The average Bonchev–Trinajstić information content (AvgIpc) is 3.03. The Morgan fingerprint density at radius 3 is 2.75 bits per heavy atom. The van der Waals surface area contributed by atoms with E-state index in [-0.39, 0.29) is 18.4 Å². The highest BCUT2D eigenvalue weighted by molar-refractivity contribution is 8.26. The highest BCUT2D eigenvalue weighted by atomic mass is 35.5. The van der Waals surface area contributed by atoms with Crippen LogP contribution in [0.25, 0.3) is 6.08 Å². The molecule has 1 heterocycles. The van der Waals surface area contributed by atoms with E-state index in [9.17, 15) is 9.59 Å². The fraction of sp³-hybridized carbons (Fsp3) is 0.174. The highest BCUT2D eigenvalue weighted by Gasteiger charge is 2.31. The Kier molecular flexibility index (Phi) is 8.33. The van der Waals surface area contributed by atoms with Gasteiger partial charge in [0.2, 0.25) is 0 Å². The second kappa shape index (κ2) is 11.2. The van der Waals surface area contributed by atoms with Crippen LogP contribution in [-0.4, -0.2) is 40.8 Å². The predicted octanol–water partition coefficient (Wildman–Crippen LogP) is 5.14. The summed E-state index contributed by atoms with van der Waals surface area (Å²) in [6.45, 7) is 6.06. The number of nitrogens with one attached hydrogen (secondary N) is 1. The Balaban J connectivity index is 1.71. The molecule has 0 atom stereocenters. The molecule has 166 valence electrons. The number of carbonyl (C=O) groups excluding carboxylic acids is 2. The third kappa shape index (κ3) is 5.91. The van der Waals surface area contributed by atoms with Crippen LogP contribution in [0.15, 0.2) is 60.0 Å². The van der Waals surface area contributed by atoms with Crippen LogP contribution in [0.5, 0.6) is 11.5 Å². The summed E-state index contributed by atoms with van der Waals surface area (Å²) < 4.78 is 11.8. The number of hydrogen-bond acceptors (Lipinski definition) is 6. The van der Waals surface area contributed by atoms with E-state index in [0.29, 0.717) is 44.6 Å². The van der Waals surface area contributed by atoms with E-state index in [1.807, 2.05) is 6.92 Å². The van der Waals surface area contributed by atoms with E-state index in [1.165, 1.54) is 16.7 Å². The summed E-state index contributed by atoms with van der Waals surface area (Å²) in [4.78, 5) is 26.8. The zero-order valence-corrected chi connectivity index (χ0v) is 19.7. The van der Waals surface area contributed by atoms with Crippen molar-refractivity contribution in [3.8, 4) is 11.5 Å². The van der Waals surface area contributed by atoms with Crippen molar-refractivity contribution in [2.45, 2.75) is 6.92 Å². The minimum Gasteiger partial charge on any atom is -0.490 e. The van der Waals surface area contributed by atoms with Crippen molar-refractivity contribution in [1.82, 2.24) is 4.90 Å². The molecule has 1 saturated heterocycles. The van der Waals surface area contributed by atoms with Gasteiger partial charge in [0, 0.05) is 6.54 Å². The summed E-state index contributed by atoms with van der Waals surface area (Å²) in [5, 5.41) is 3.15. The molecular weight excluding hydrogens is 468 g/mol. The van der Waals surface area contributed by atoms with Gasteiger partial charge in [-0.15, -0.1) is 6.58 Å². The van der Waals surface area contributed by atoms with Gasteiger partial charge in [0.15, 0.2) is 18.1 Å². The summed E-state index contributed by atoms with van der Waals surface area (Å²) in [6, 6.07) is 12.2. The molecule has 0 unspecified atom stereocenters. The minimum atomic E-state index is -0.351. The molecule has 1 aliphatic rings. The van der Waals surface area contributed by atoms with Crippen LogP contribution >= 0.6 is 35.6 Å². The monoisotopic (exact) mass is 488 g/mol. The van der Waals surface area contributed by atoms with Crippen LogP contribution in [-0.2, 0) is 9.59 Å². The maximum absolute atomic E-state index is 12.5. The maximum atomic E-state index is 12.5. The number of hydrogen-bond donors (Lipinski definition) is 1. The molecule has 0 bridgehead atoms. The molecule has 2 aromatic carbocycles. The Bertz CT molecular complexity index is 1090. The van der Waals surface area contributed by atoms with Gasteiger partial charge in [-0.05, 0) is 42.8 Å². The second-order valence-corrected chi connectivity index (χ2v) is 8.62. The van der Waals surface area contributed by atoms with E-state index in [4.69, 9.17) is 33.3 Å². The standard InChI is InChI=1S/C23H21ClN2O4S2/c1-3-11-26-22(28)20(32-23(26)31)13-15-9-10-18(19(12-15)29-4-2)30-14-21(27)25-17-8-6-5-7-16(17)24/h3,5-10,12-13H,1,4,11,14H2,2H3,(H,25,27)/b20-13-. The number of para-hydroxylation sites is 1. The van der Waals surface area contributed by atoms with Gasteiger partial charge in [-0.25, -0.2) is 0 Å². The number of ether oxygens (including phenoxy) is 2. The van der Waals surface area contributed by atoms with E-state index >= 15 is 0 Å². The smallest absolute Gasteiger partial charge is 0.266 e. The second-order valence-electron chi connectivity index (χ2n) is 6.54. The molecule has 0 aliphatic carbocycles. The van der Waals surface area contributed by atoms with Gasteiger partial charge in [-0.1, -0.05) is 59.9 Å². The molecule has 0 radical (unpaired) electrons. The summed E-state index contributed by atoms with van der Waals surface area (Å²) in [6.07, 6.45) is 3.38. The first kappa shape index (κ1) is 23.8. The third-order valence-corrected chi connectivity index (χ3v) is 5.96. The maximum Gasteiger partial charge on any atom is 0.266 e. The highest BCUT2D eigenvalue weighted by Crippen LogP contribution is 2.35. The fourth-order valence-corrected chi connectivity index (χ4v) is 4.29. The largest absolute Gasteiger partial charge is 0.490 e. The zero-order chi connectivity index (χ0) is 23.1. The van der Waals surface area contributed by atoms with Gasteiger partial charge in [0.25, 0.3) is 11.8 Å². The topological polar surface area (TPSA) is 67.9 Å². The normalized spacial score (nSPS) is 14.6. The number of benzene rings is 2. The molecular formula is C23H21ClN2O4S2. The number of thiocarbonyl (C=S) groups is 1.